The number of benzene rings is 8. The molecule has 0 aliphatic heterocycles. The number of furan rings is 1. The van der Waals surface area contributed by atoms with Gasteiger partial charge in [-0.15, -0.1) is 0 Å². The summed E-state index contributed by atoms with van der Waals surface area (Å²) in [6.45, 7) is 0. The Morgan fingerprint density at radius 1 is 0.375 bits per heavy atom. The highest BCUT2D eigenvalue weighted by molar-refractivity contribution is 6.16. The summed E-state index contributed by atoms with van der Waals surface area (Å²) in [6, 6.07) is 73.2. The summed E-state index contributed by atoms with van der Waals surface area (Å²) < 4.78 is 6.83. The second-order valence-corrected chi connectivity index (χ2v) is 14.4. The van der Waals surface area contributed by atoms with Crippen LogP contribution in [-0.2, 0) is 5.41 Å². The molecule has 0 bridgehead atoms. The van der Waals surface area contributed by atoms with E-state index in [1.807, 2.05) is 42.5 Å². The zero-order chi connectivity index (χ0) is 37.1. The Hall–Kier alpha value is -7.36. The van der Waals surface area contributed by atoms with Crippen LogP contribution in [0.4, 0.5) is 0 Å². The van der Waals surface area contributed by atoms with Gasteiger partial charge in [0.05, 0.1) is 22.4 Å². The fraction of sp³-hybridized carbons (Fsp3) is 0.0189. The van der Waals surface area contributed by atoms with Gasteiger partial charge in [-0.25, -0.2) is 9.97 Å². The molecule has 1 aliphatic rings. The van der Waals surface area contributed by atoms with Gasteiger partial charge < -0.3 is 4.42 Å². The molecule has 0 saturated carbocycles. The highest BCUT2D eigenvalue weighted by Crippen LogP contribution is 2.57. The average molecular weight is 715 g/mol. The number of hydrogen-bond donors (Lipinski definition) is 0. The van der Waals surface area contributed by atoms with Crippen LogP contribution in [0, 0.1) is 0 Å². The van der Waals surface area contributed by atoms with E-state index in [-0.39, 0.29) is 0 Å². The van der Waals surface area contributed by atoms with Crippen molar-refractivity contribution in [3.8, 4) is 56.2 Å². The number of rotatable bonds is 6. The van der Waals surface area contributed by atoms with Gasteiger partial charge in [-0.2, -0.15) is 0 Å². The Morgan fingerprint density at radius 3 is 1.55 bits per heavy atom. The minimum Gasteiger partial charge on any atom is -0.455 e. The van der Waals surface area contributed by atoms with Crippen molar-refractivity contribution in [2.75, 3.05) is 0 Å². The molecule has 0 N–H and O–H groups in total. The molecule has 11 rings (SSSR count). The van der Waals surface area contributed by atoms with E-state index in [0.29, 0.717) is 5.82 Å². The molecule has 2 heterocycles. The smallest absolute Gasteiger partial charge is 0.164 e. The van der Waals surface area contributed by atoms with Crippen LogP contribution in [0.5, 0.6) is 0 Å². The Bertz CT molecular complexity index is 2960. The lowest BCUT2D eigenvalue weighted by atomic mass is 9.67. The molecule has 3 heteroatoms. The maximum atomic E-state index is 6.83. The van der Waals surface area contributed by atoms with Crippen LogP contribution in [0.15, 0.2) is 211 Å². The largest absolute Gasteiger partial charge is 0.455 e. The van der Waals surface area contributed by atoms with Gasteiger partial charge >= 0.3 is 0 Å². The topological polar surface area (TPSA) is 38.9 Å². The van der Waals surface area contributed by atoms with Gasteiger partial charge in [0.15, 0.2) is 5.82 Å². The molecule has 8 aromatic carbocycles. The molecular formula is C53H34N2O. The summed E-state index contributed by atoms with van der Waals surface area (Å²) in [4.78, 5) is 10.4. The summed E-state index contributed by atoms with van der Waals surface area (Å²) in [7, 11) is 0. The van der Waals surface area contributed by atoms with Gasteiger partial charge in [0.2, 0.25) is 0 Å². The predicted octanol–water partition coefficient (Wildman–Crippen LogP) is 13.4. The van der Waals surface area contributed by atoms with Crippen LogP contribution < -0.4 is 0 Å². The summed E-state index contributed by atoms with van der Waals surface area (Å²) in [5.74, 6) is 0.623. The number of para-hydroxylation sites is 1. The lowest BCUT2D eigenvalue weighted by Gasteiger charge is -2.34. The number of hydrogen-bond acceptors (Lipinski definition) is 3. The van der Waals surface area contributed by atoms with E-state index in [2.05, 4.69) is 164 Å². The Labute approximate surface area is 325 Å². The van der Waals surface area contributed by atoms with Crippen molar-refractivity contribution < 1.29 is 4.42 Å². The lowest BCUT2D eigenvalue weighted by Crippen LogP contribution is -2.28. The fourth-order valence-electron chi connectivity index (χ4n) is 8.94. The van der Waals surface area contributed by atoms with Gasteiger partial charge in [-0.3, -0.25) is 0 Å². The van der Waals surface area contributed by atoms with E-state index in [0.717, 1.165) is 61.1 Å². The summed E-state index contributed by atoms with van der Waals surface area (Å²) in [5, 5.41) is 2.11. The molecule has 0 amide bonds. The second kappa shape index (κ2) is 12.9. The number of aromatic nitrogens is 2. The molecule has 0 radical (unpaired) electrons. The molecule has 56 heavy (non-hydrogen) atoms. The average Bonchev–Trinajstić information content (AvgIpc) is 3.81. The minimum absolute atomic E-state index is 0.498. The van der Waals surface area contributed by atoms with E-state index < -0.39 is 5.41 Å². The molecule has 0 saturated heterocycles. The maximum absolute atomic E-state index is 6.83. The van der Waals surface area contributed by atoms with Crippen molar-refractivity contribution in [3.05, 3.63) is 229 Å². The van der Waals surface area contributed by atoms with Crippen LogP contribution in [0.1, 0.15) is 22.3 Å². The molecule has 0 fully saturated rings. The molecular weight excluding hydrogens is 681 g/mol. The third-order valence-electron chi connectivity index (χ3n) is 11.4. The van der Waals surface area contributed by atoms with E-state index in [1.165, 1.54) is 33.4 Å². The van der Waals surface area contributed by atoms with Crippen molar-refractivity contribution in [1.29, 1.82) is 0 Å². The molecule has 0 unspecified atom stereocenters. The maximum Gasteiger partial charge on any atom is 0.164 e. The minimum atomic E-state index is -0.498. The fourth-order valence-corrected chi connectivity index (χ4v) is 8.94. The molecule has 0 atom stereocenters. The Morgan fingerprint density at radius 2 is 0.893 bits per heavy atom. The third-order valence-corrected chi connectivity index (χ3v) is 11.4. The summed E-state index contributed by atoms with van der Waals surface area (Å²) in [5.41, 5.74) is 15.5. The predicted molar refractivity (Wildman–Crippen MR) is 228 cm³/mol. The molecule has 3 nitrogen and oxygen atoms in total. The quantitative estimate of drug-likeness (QED) is 0.172. The lowest BCUT2D eigenvalue weighted by molar-refractivity contribution is 0.669. The zero-order valence-electron chi connectivity index (χ0n) is 30.4. The molecule has 1 aliphatic carbocycles. The van der Waals surface area contributed by atoms with Gasteiger partial charge in [0, 0.05) is 21.9 Å². The highest BCUT2D eigenvalue weighted by Gasteiger charge is 2.46. The second-order valence-electron chi connectivity index (χ2n) is 14.4. The molecule has 10 aromatic rings. The van der Waals surface area contributed by atoms with Crippen LogP contribution in [0.25, 0.3) is 78.1 Å². The van der Waals surface area contributed by atoms with Crippen LogP contribution in [0.2, 0.25) is 0 Å². The first-order chi connectivity index (χ1) is 27.8. The summed E-state index contributed by atoms with van der Waals surface area (Å²) >= 11 is 0. The molecule has 0 spiro atoms. The van der Waals surface area contributed by atoms with Crippen molar-refractivity contribution in [2.24, 2.45) is 0 Å². The first-order valence-corrected chi connectivity index (χ1v) is 19.1. The molecule has 2 aromatic heterocycles. The monoisotopic (exact) mass is 714 g/mol. The van der Waals surface area contributed by atoms with Crippen LogP contribution >= 0.6 is 0 Å². The SMILES string of the molecule is c1ccc(-c2cc(-c3ccccc3)nc(-c3ccc(-c4ccc5c(c4)C(c4ccccc4)(c4ccccc4)c4ccccc4-5)c4c3oc3ccccc34)n2)cc1. The number of nitrogens with zero attached hydrogens (tertiary/aromatic N) is 2. The molecule has 262 valence electrons. The van der Waals surface area contributed by atoms with Gasteiger partial charge in [0.25, 0.3) is 0 Å². The van der Waals surface area contributed by atoms with Gasteiger partial charge in [-0.05, 0) is 68.8 Å². The van der Waals surface area contributed by atoms with Gasteiger partial charge in [0.1, 0.15) is 11.2 Å². The first kappa shape index (κ1) is 32.1. The Balaban J connectivity index is 1.17. The van der Waals surface area contributed by atoms with E-state index in [9.17, 15) is 0 Å². The highest BCUT2D eigenvalue weighted by atomic mass is 16.3. The normalized spacial score (nSPS) is 12.8. The van der Waals surface area contributed by atoms with E-state index in [1.54, 1.807) is 0 Å². The summed E-state index contributed by atoms with van der Waals surface area (Å²) in [6.07, 6.45) is 0. The van der Waals surface area contributed by atoms with Crippen molar-refractivity contribution in [3.63, 3.8) is 0 Å². The van der Waals surface area contributed by atoms with E-state index >= 15 is 0 Å². The van der Waals surface area contributed by atoms with Gasteiger partial charge in [-0.1, -0.05) is 182 Å². The van der Waals surface area contributed by atoms with Crippen molar-refractivity contribution in [2.45, 2.75) is 5.41 Å². The first-order valence-electron chi connectivity index (χ1n) is 19.1. The van der Waals surface area contributed by atoms with E-state index in [4.69, 9.17) is 14.4 Å². The third kappa shape index (κ3) is 4.91. The standard InChI is InChI=1S/C53H34N2O/c1-5-17-35(18-6-1)47-34-48(36-19-7-2-8-20-36)55-52(54-47)44-32-31-40(50-43-26-14-16-28-49(43)56-51(44)50)37-29-30-42-41-25-13-15-27-45(41)53(46(42)33-37,38-21-9-3-10-22-38)39-23-11-4-12-24-39/h1-34H. The van der Waals surface area contributed by atoms with Crippen molar-refractivity contribution >= 4 is 21.9 Å². The van der Waals surface area contributed by atoms with Crippen molar-refractivity contribution in [1.82, 2.24) is 9.97 Å². The van der Waals surface area contributed by atoms with Crippen LogP contribution in [0.3, 0.4) is 0 Å². The zero-order valence-corrected chi connectivity index (χ0v) is 30.4. The Kier molecular flexibility index (Phi) is 7.39. The van der Waals surface area contributed by atoms with Crippen LogP contribution in [-0.4, -0.2) is 9.97 Å². The number of fused-ring (bicyclic) bond motifs is 6.